The third kappa shape index (κ3) is 4.28. The predicted octanol–water partition coefficient (Wildman–Crippen LogP) is 5.05. The Balaban J connectivity index is 1.95. The van der Waals surface area contributed by atoms with Gasteiger partial charge in [0.25, 0.3) is 5.56 Å². The molecule has 0 unspecified atom stereocenters. The van der Waals surface area contributed by atoms with Crippen LogP contribution >= 0.6 is 11.6 Å². The molecule has 0 aliphatic heterocycles. The Bertz CT molecular complexity index is 1600. The first-order valence-corrected chi connectivity index (χ1v) is 11.7. The molecule has 0 aliphatic rings. The second-order valence-corrected chi connectivity index (χ2v) is 9.89. The lowest BCUT2D eigenvalue weighted by Crippen LogP contribution is -2.24. The monoisotopic (exact) mass is 511 g/mol. The molecule has 0 atom stereocenters. The third-order valence-electron chi connectivity index (χ3n) is 5.10. The summed E-state index contributed by atoms with van der Waals surface area (Å²) in [6.07, 6.45) is -2.33. The minimum absolute atomic E-state index is 0.0239. The van der Waals surface area contributed by atoms with E-state index in [1.807, 2.05) is 0 Å². The minimum Gasteiger partial charge on any atom is -0.267 e. The number of benzene rings is 2. The van der Waals surface area contributed by atoms with Crippen molar-refractivity contribution in [2.24, 2.45) is 0 Å². The van der Waals surface area contributed by atoms with Crippen molar-refractivity contribution in [2.45, 2.75) is 18.0 Å². The Morgan fingerprint density at radius 2 is 1.79 bits per heavy atom. The van der Waals surface area contributed by atoms with Gasteiger partial charge in [-0.25, -0.2) is 17.8 Å². The number of hydrogen-bond acceptors (Lipinski definition) is 5. The fourth-order valence-corrected chi connectivity index (χ4v) is 4.64. The number of hydrogen-bond donors (Lipinski definition) is 0. The number of pyridine rings is 1. The quantitative estimate of drug-likeness (QED) is 0.358. The van der Waals surface area contributed by atoms with Crippen molar-refractivity contribution in [2.75, 3.05) is 5.75 Å². The topological polar surface area (TPSA) is 81.9 Å². The number of sulfone groups is 1. The van der Waals surface area contributed by atoms with Crippen molar-refractivity contribution in [1.82, 2.24) is 14.8 Å². The smallest absolute Gasteiger partial charge is 0.267 e. The highest BCUT2D eigenvalue weighted by molar-refractivity contribution is 7.91. The van der Waals surface area contributed by atoms with Gasteiger partial charge in [-0.05, 0) is 42.5 Å². The molecule has 0 N–H and O–H groups in total. The third-order valence-corrected chi connectivity index (χ3v) is 7.15. The molecule has 0 saturated carbocycles. The maximum Gasteiger partial charge on any atom is 0.416 e. The average molecular weight is 512 g/mol. The van der Waals surface area contributed by atoms with Gasteiger partial charge in [0.2, 0.25) is 0 Å². The van der Waals surface area contributed by atoms with Crippen molar-refractivity contribution in [3.05, 3.63) is 81.6 Å². The molecule has 0 spiro atoms. The van der Waals surface area contributed by atoms with Crippen molar-refractivity contribution in [3.8, 4) is 16.9 Å². The highest BCUT2D eigenvalue weighted by atomic mass is 35.5. The Labute approximate surface area is 195 Å². The second kappa shape index (κ2) is 8.48. The van der Waals surface area contributed by atoms with E-state index in [1.54, 1.807) is 0 Å². The van der Waals surface area contributed by atoms with Crippen LogP contribution in [-0.2, 0) is 16.0 Å². The standard InChI is InChI=1S/C22H14ClF4N3O3S/c1-2-34(32,33)19-8-13(16-6-4-15(24)9-18(16)23)10-28-20(19)30-21(31)17-5-3-14(22(25,26)27)7-12(17)11-29-30/h3-11H,2H2,1H3. The van der Waals surface area contributed by atoms with Crippen molar-refractivity contribution in [3.63, 3.8) is 0 Å². The maximum atomic E-state index is 13.4. The molecule has 34 heavy (non-hydrogen) atoms. The predicted molar refractivity (Wildman–Crippen MR) is 118 cm³/mol. The fraction of sp³-hybridized carbons (Fsp3) is 0.136. The van der Waals surface area contributed by atoms with Gasteiger partial charge in [-0.2, -0.15) is 23.0 Å². The van der Waals surface area contributed by atoms with Crippen LogP contribution in [0.5, 0.6) is 0 Å². The lowest BCUT2D eigenvalue weighted by atomic mass is 10.1. The first-order chi connectivity index (χ1) is 15.9. The summed E-state index contributed by atoms with van der Waals surface area (Å²) < 4.78 is 78.8. The van der Waals surface area contributed by atoms with Crippen LogP contribution in [0.25, 0.3) is 27.7 Å². The SMILES string of the molecule is CCS(=O)(=O)c1cc(-c2ccc(F)cc2Cl)cnc1-n1ncc2cc(C(F)(F)F)ccc2c1=O. The van der Waals surface area contributed by atoms with Crippen molar-refractivity contribution in [1.29, 1.82) is 0 Å². The molecular weight excluding hydrogens is 498 g/mol. The summed E-state index contributed by atoms with van der Waals surface area (Å²) in [4.78, 5) is 16.8. The van der Waals surface area contributed by atoms with E-state index < -0.39 is 33.0 Å². The lowest BCUT2D eigenvalue weighted by Gasteiger charge is -2.13. The van der Waals surface area contributed by atoms with E-state index in [4.69, 9.17) is 11.6 Å². The van der Waals surface area contributed by atoms with Gasteiger partial charge in [-0.15, -0.1) is 0 Å². The Hall–Kier alpha value is -3.31. The second-order valence-electron chi connectivity index (χ2n) is 7.23. The summed E-state index contributed by atoms with van der Waals surface area (Å²) in [5.41, 5.74) is -1.23. The van der Waals surface area contributed by atoms with Gasteiger partial charge < -0.3 is 0 Å². The zero-order valence-corrected chi connectivity index (χ0v) is 18.8. The summed E-state index contributed by atoms with van der Waals surface area (Å²) in [7, 11) is -3.95. The number of rotatable bonds is 4. The fourth-order valence-electron chi connectivity index (χ4n) is 3.33. The molecule has 4 aromatic rings. The highest BCUT2D eigenvalue weighted by Crippen LogP contribution is 2.32. The van der Waals surface area contributed by atoms with E-state index in [1.165, 1.54) is 25.3 Å². The average Bonchev–Trinajstić information content (AvgIpc) is 2.78. The lowest BCUT2D eigenvalue weighted by molar-refractivity contribution is -0.137. The molecule has 0 aliphatic carbocycles. The highest BCUT2D eigenvalue weighted by Gasteiger charge is 2.31. The molecule has 0 fully saturated rings. The Kier molecular flexibility index (Phi) is 5.94. The van der Waals surface area contributed by atoms with Gasteiger partial charge >= 0.3 is 6.18 Å². The molecule has 2 heterocycles. The van der Waals surface area contributed by atoms with E-state index in [0.29, 0.717) is 10.2 Å². The number of alkyl halides is 3. The Morgan fingerprint density at radius 1 is 1.06 bits per heavy atom. The molecule has 4 rings (SSSR count). The van der Waals surface area contributed by atoms with Crippen LogP contribution in [-0.4, -0.2) is 28.9 Å². The number of nitrogens with zero attached hydrogens (tertiary/aromatic N) is 3. The molecule has 0 amide bonds. The van der Waals surface area contributed by atoms with Crippen molar-refractivity contribution < 1.29 is 26.0 Å². The maximum absolute atomic E-state index is 13.4. The molecule has 0 saturated heterocycles. The minimum atomic E-state index is -4.61. The summed E-state index contributed by atoms with van der Waals surface area (Å²) in [5.74, 6) is -1.24. The van der Waals surface area contributed by atoms with E-state index >= 15 is 0 Å². The van der Waals surface area contributed by atoms with Gasteiger partial charge in [0.15, 0.2) is 15.7 Å². The van der Waals surface area contributed by atoms with Crippen LogP contribution < -0.4 is 5.56 Å². The van der Waals surface area contributed by atoms with Crippen LogP contribution in [0.4, 0.5) is 17.6 Å². The first kappa shape index (κ1) is 23.8. The van der Waals surface area contributed by atoms with Crippen LogP contribution in [0.2, 0.25) is 5.02 Å². The van der Waals surface area contributed by atoms with Crippen LogP contribution in [0.1, 0.15) is 12.5 Å². The molecule has 2 aromatic carbocycles. The summed E-state index contributed by atoms with van der Waals surface area (Å²) >= 11 is 6.09. The number of fused-ring (bicyclic) bond motifs is 1. The van der Waals surface area contributed by atoms with Gasteiger partial charge in [-0.3, -0.25) is 4.79 Å². The molecule has 6 nitrogen and oxygen atoms in total. The largest absolute Gasteiger partial charge is 0.416 e. The van der Waals surface area contributed by atoms with E-state index in [2.05, 4.69) is 10.1 Å². The summed E-state index contributed by atoms with van der Waals surface area (Å²) in [5, 5.41) is 3.73. The van der Waals surface area contributed by atoms with Crippen molar-refractivity contribution >= 4 is 32.2 Å². The number of aromatic nitrogens is 3. The van der Waals surface area contributed by atoms with E-state index in [0.717, 1.165) is 36.5 Å². The molecule has 0 bridgehead atoms. The van der Waals surface area contributed by atoms with Crippen LogP contribution in [0.15, 0.2) is 64.5 Å². The molecule has 12 heteroatoms. The molecule has 0 radical (unpaired) electrons. The summed E-state index contributed by atoms with van der Waals surface area (Å²) in [6, 6.07) is 7.34. The van der Waals surface area contributed by atoms with E-state index in [9.17, 15) is 30.8 Å². The van der Waals surface area contributed by atoms with E-state index in [-0.39, 0.29) is 37.8 Å². The molecular formula is C22H14ClF4N3O3S. The normalized spacial score (nSPS) is 12.3. The molecule has 176 valence electrons. The van der Waals surface area contributed by atoms with Crippen LogP contribution in [0.3, 0.4) is 0 Å². The van der Waals surface area contributed by atoms with Gasteiger partial charge in [0.05, 0.1) is 27.9 Å². The van der Waals surface area contributed by atoms with Crippen LogP contribution in [0, 0.1) is 5.82 Å². The number of halogens is 5. The Morgan fingerprint density at radius 3 is 2.44 bits per heavy atom. The summed E-state index contributed by atoms with van der Waals surface area (Å²) in [6.45, 7) is 1.39. The molecule has 2 aromatic heterocycles. The zero-order valence-electron chi connectivity index (χ0n) is 17.3. The first-order valence-electron chi connectivity index (χ1n) is 9.70. The zero-order chi connectivity index (χ0) is 24.8. The van der Waals surface area contributed by atoms with Gasteiger partial charge in [-0.1, -0.05) is 18.5 Å². The van der Waals surface area contributed by atoms with Gasteiger partial charge in [0.1, 0.15) is 10.7 Å². The van der Waals surface area contributed by atoms with Gasteiger partial charge in [0, 0.05) is 22.7 Å².